The predicted octanol–water partition coefficient (Wildman–Crippen LogP) is 2.39. The van der Waals surface area contributed by atoms with Crippen LogP contribution < -0.4 is 0 Å². The second-order valence-electron chi connectivity index (χ2n) is 5.74. The molecule has 2 heteroatoms. The Kier molecular flexibility index (Phi) is 3.67. The minimum Gasteiger partial charge on any atom is -0.395 e. The van der Waals surface area contributed by atoms with Crippen LogP contribution in [0.3, 0.4) is 0 Å². The summed E-state index contributed by atoms with van der Waals surface area (Å²) < 4.78 is 0. The number of hydrogen-bond acceptors (Lipinski definition) is 2. The van der Waals surface area contributed by atoms with Gasteiger partial charge in [-0.05, 0) is 49.8 Å². The van der Waals surface area contributed by atoms with Crippen LogP contribution in [0.4, 0.5) is 0 Å². The molecular formula is C16H23NO. The Bertz CT molecular complexity index is 404. The summed E-state index contributed by atoms with van der Waals surface area (Å²) in [4.78, 5) is 2.58. The first-order valence-corrected chi connectivity index (χ1v) is 7.32. The van der Waals surface area contributed by atoms with E-state index >= 15 is 0 Å². The van der Waals surface area contributed by atoms with E-state index in [-0.39, 0.29) is 0 Å². The smallest absolute Gasteiger partial charge is 0.0586 e. The number of likely N-dealkylation sites (tertiary alicyclic amines) is 1. The molecule has 0 radical (unpaired) electrons. The summed E-state index contributed by atoms with van der Waals surface area (Å²) in [6.07, 6.45) is 7.39. The van der Waals surface area contributed by atoms with Gasteiger partial charge in [-0.25, -0.2) is 0 Å². The van der Waals surface area contributed by atoms with Crippen molar-refractivity contribution in [2.24, 2.45) is 0 Å². The van der Waals surface area contributed by atoms with Crippen LogP contribution in [0, 0.1) is 0 Å². The minimum absolute atomic E-state index is 0.331. The molecule has 2 nitrogen and oxygen atoms in total. The number of nitrogens with zero attached hydrogens (tertiary/aromatic N) is 1. The molecule has 1 fully saturated rings. The molecule has 1 heterocycles. The summed E-state index contributed by atoms with van der Waals surface area (Å²) in [5.74, 6) is 0. The molecule has 0 spiro atoms. The third-order valence-corrected chi connectivity index (χ3v) is 4.67. The van der Waals surface area contributed by atoms with Crippen LogP contribution in [-0.2, 0) is 12.8 Å². The highest BCUT2D eigenvalue weighted by molar-refractivity contribution is 5.30. The van der Waals surface area contributed by atoms with E-state index in [9.17, 15) is 5.11 Å². The molecule has 18 heavy (non-hydrogen) atoms. The van der Waals surface area contributed by atoms with Crippen molar-refractivity contribution >= 4 is 0 Å². The molecule has 1 aromatic rings. The molecule has 0 aromatic heterocycles. The Labute approximate surface area is 110 Å². The van der Waals surface area contributed by atoms with Gasteiger partial charge in [-0.15, -0.1) is 0 Å². The summed E-state index contributed by atoms with van der Waals surface area (Å²) in [6.45, 7) is 1.51. The van der Waals surface area contributed by atoms with Crippen molar-refractivity contribution in [3.8, 4) is 0 Å². The molecule has 1 aliphatic heterocycles. The van der Waals surface area contributed by atoms with E-state index in [4.69, 9.17) is 0 Å². The van der Waals surface area contributed by atoms with Crippen molar-refractivity contribution in [2.45, 2.75) is 50.6 Å². The van der Waals surface area contributed by atoms with E-state index < -0.39 is 0 Å². The van der Waals surface area contributed by atoms with Gasteiger partial charge < -0.3 is 5.11 Å². The van der Waals surface area contributed by atoms with Gasteiger partial charge in [-0.2, -0.15) is 0 Å². The van der Waals surface area contributed by atoms with Gasteiger partial charge in [0.05, 0.1) is 6.61 Å². The summed E-state index contributed by atoms with van der Waals surface area (Å²) in [6, 6.07) is 9.91. The number of fused-ring (bicyclic) bond motifs is 1. The molecule has 2 aliphatic rings. The van der Waals surface area contributed by atoms with Gasteiger partial charge in [-0.3, -0.25) is 4.90 Å². The van der Waals surface area contributed by atoms with Crippen LogP contribution in [0.5, 0.6) is 0 Å². The highest BCUT2D eigenvalue weighted by Gasteiger charge is 2.30. The number of aryl methyl sites for hydroxylation is 1. The lowest BCUT2D eigenvalue weighted by atomic mass is 9.85. The highest BCUT2D eigenvalue weighted by Crippen LogP contribution is 2.28. The zero-order valence-electron chi connectivity index (χ0n) is 11.0. The first-order valence-electron chi connectivity index (χ1n) is 7.32. The Hall–Kier alpha value is -0.860. The van der Waals surface area contributed by atoms with Gasteiger partial charge in [0.2, 0.25) is 0 Å². The van der Waals surface area contributed by atoms with E-state index in [1.54, 1.807) is 0 Å². The van der Waals surface area contributed by atoms with Crippen molar-refractivity contribution in [3.63, 3.8) is 0 Å². The van der Waals surface area contributed by atoms with Gasteiger partial charge in [-0.1, -0.05) is 30.7 Å². The van der Waals surface area contributed by atoms with Crippen molar-refractivity contribution in [3.05, 3.63) is 35.4 Å². The maximum atomic E-state index is 9.55. The predicted molar refractivity (Wildman–Crippen MR) is 73.7 cm³/mol. The lowest BCUT2D eigenvalue weighted by Crippen LogP contribution is -2.49. The minimum atomic E-state index is 0.331. The highest BCUT2D eigenvalue weighted by atomic mass is 16.3. The molecule has 0 bridgehead atoms. The van der Waals surface area contributed by atoms with Gasteiger partial charge in [0.15, 0.2) is 0 Å². The van der Waals surface area contributed by atoms with Crippen molar-refractivity contribution in [1.82, 2.24) is 4.90 Å². The van der Waals surface area contributed by atoms with Crippen LogP contribution >= 0.6 is 0 Å². The Morgan fingerprint density at radius 1 is 1.11 bits per heavy atom. The molecule has 0 unspecified atom stereocenters. The second-order valence-corrected chi connectivity index (χ2v) is 5.74. The number of piperidine rings is 1. The van der Waals surface area contributed by atoms with E-state index in [1.807, 2.05) is 0 Å². The van der Waals surface area contributed by atoms with E-state index in [0.29, 0.717) is 18.7 Å². The van der Waals surface area contributed by atoms with Gasteiger partial charge in [0, 0.05) is 12.1 Å². The molecule has 1 aromatic carbocycles. The fraction of sp³-hybridized carbons (Fsp3) is 0.625. The Morgan fingerprint density at radius 3 is 2.78 bits per heavy atom. The monoisotopic (exact) mass is 245 g/mol. The largest absolute Gasteiger partial charge is 0.395 e. The topological polar surface area (TPSA) is 23.5 Å². The average Bonchev–Trinajstić information content (AvgIpc) is 2.46. The molecule has 3 rings (SSSR count). The molecule has 0 saturated carbocycles. The first-order chi connectivity index (χ1) is 8.88. The third-order valence-electron chi connectivity index (χ3n) is 4.67. The van der Waals surface area contributed by atoms with Crippen molar-refractivity contribution < 1.29 is 5.11 Å². The zero-order chi connectivity index (χ0) is 12.4. The van der Waals surface area contributed by atoms with Crippen LogP contribution in [0.15, 0.2) is 24.3 Å². The number of benzene rings is 1. The quantitative estimate of drug-likeness (QED) is 0.865. The van der Waals surface area contributed by atoms with E-state index in [1.165, 1.54) is 56.2 Å². The molecule has 1 saturated heterocycles. The van der Waals surface area contributed by atoms with Crippen molar-refractivity contribution in [2.75, 3.05) is 13.2 Å². The number of rotatable bonds is 2. The fourth-order valence-electron chi connectivity index (χ4n) is 3.66. The molecule has 1 aliphatic carbocycles. The Morgan fingerprint density at radius 2 is 1.94 bits per heavy atom. The summed E-state index contributed by atoms with van der Waals surface area (Å²) in [7, 11) is 0. The summed E-state index contributed by atoms with van der Waals surface area (Å²) in [5.41, 5.74) is 3.06. The number of hydrogen-bond donors (Lipinski definition) is 1. The molecule has 1 N–H and O–H groups in total. The maximum Gasteiger partial charge on any atom is 0.0586 e. The first kappa shape index (κ1) is 12.2. The lowest BCUT2D eigenvalue weighted by Gasteiger charge is -2.42. The maximum absolute atomic E-state index is 9.55. The van der Waals surface area contributed by atoms with E-state index in [2.05, 4.69) is 29.2 Å². The van der Waals surface area contributed by atoms with Crippen LogP contribution in [0.25, 0.3) is 0 Å². The van der Waals surface area contributed by atoms with Gasteiger partial charge >= 0.3 is 0 Å². The standard InChI is InChI=1S/C16H23NO/c18-12-16-7-3-4-10-17(16)15-9-8-13-5-1-2-6-14(13)11-15/h1-2,5-6,15-16,18H,3-4,7-12H2/t15-,16-/m1/s1. The Balaban J connectivity index is 1.74. The number of aliphatic hydroxyl groups excluding tert-OH is 1. The van der Waals surface area contributed by atoms with Gasteiger partial charge in [0.1, 0.15) is 0 Å². The number of aliphatic hydroxyl groups is 1. The molecule has 2 atom stereocenters. The molecule has 98 valence electrons. The van der Waals surface area contributed by atoms with Crippen LogP contribution in [0.2, 0.25) is 0 Å². The molecule has 0 amide bonds. The van der Waals surface area contributed by atoms with Gasteiger partial charge in [0.25, 0.3) is 0 Å². The van der Waals surface area contributed by atoms with E-state index in [0.717, 1.165) is 0 Å². The van der Waals surface area contributed by atoms with Crippen LogP contribution in [-0.4, -0.2) is 35.2 Å². The zero-order valence-corrected chi connectivity index (χ0v) is 11.0. The van der Waals surface area contributed by atoms with Crippen LogP contribution in [0.1, 0.15) is 36.8 Å². The lowest BCUT2D eigenvalue weighted by molar-refractivity contribution is 0.0475. The SMILES string of the molecule is OC[C@H]1CCCCN1[C@@H]1CCc2ccccc2C1. The van der Waals surface area contributed by atoms with Crippen molar-refractivity contribution in [1.29, 1.82) is 0 Å². The fourth-order valence-corrected chi connectivity index (χ4v) is 3.66. The second kappa shape index (κ2) is 5.41. The summed E-state index contributed by atoms with van der Waals surface area (Å²) in [5, 5.41) is 9.55. The average molecular weight is 245 g/mol. The summed E-state index contributed by atoms with van der Waals surface area (Å²) >= 11 is 0. The molecular weight excluding hydrogens is 222 g/mol. The normalized spacial score (nSPS) is 28.9. The third kappa shape index (κ3) is 2.32.